The molecule has 1 aliphatic heterocycles. The van der Waals surface area contributed by atoms with Gasteiger partial charge in [0.2, 0.25) is 5.88 Å². The van der Waals surface area contributed by atoms with Gasteiger partial charge in [-0.2, -0.15) is 0 Å². The molecule has 2 heterocycles. The van der Waals surface area contributed by atoms with Gasteiger partial charge < -0.3 is 4.42 Å². The first-order valence-electron chi connectivity index (χ1n) is 9.10. The molecule has 25 heavy (non-hydrogen) atoms. The maximum absolute atomic E-state index is 6.18. The predicted molar refractivity (Wildman–Crippen MR) is 104 cm³/mol. The molecule has 0 fully saturated rings. The van der Waals surface area contributed by atoms with Crippen LogP contribution in [-0.4, -0.2) is 0 Å². The van der Waals surface area contributed by atoms with Crippen LogP contribution in [0.15, 0.2) is 52.9 Å². The highest BCUT2D eigenvalue weighted by atomic mass is 16.4. The van der Waals surface area contributed by atoms with Crippen LogP contribution in [0.2, 0.25) is 0 Å². The maximum atomic E-state index is 6.18. The van der Waals surface area contributed by atoms with Crippen LogP contribution in [0.4, 0.5) is 17.3 Å². The van der Waals surface area contributed by atoms with Gasteiger partial charge in [0, 0.05) is 5.56 Å². The van der Waals surface area contributed by atoms with E-state index in [-0.39, 0.29) is 0 Å². The van der Waals surface area contributed by atoms with E-state index in [1.165, 1.54) is 47.3 Å². The largest absolute Gasteiger partial charge is 0.444 e. The van der Waals surface area contributed by atoms with E-state index in [4.69, 9.17) is 4.42 Å². The van der Waals surface area contributed by atoms with Gasteiger partial charge in [-0.25, -0.2) is 0 Å². The molecule has 2 aromatic carbocycles. The Morgan fingerprint density at radius 1 is 0.840 bits per heavy atom. The first kappa shape index (κ1) is 14.6. The Balaban J connectivity index is 1.80. The summed E-state index contributed by atoms with van der Waals surface area (Å²) in [4.78, 5) is 2.32. The number of rotatable bonds is 1. The van der Waals surface area contributed by atoms with Crippen molar-refractivity contribution < 1.29 is 4.42 Å². The summed E-state index contributed by atoms with van der Waals surface area (Å²) in [5, 5.41) is 0. The lowest BCUT2D eigenvalue weighted by Gasteiger charge is -2.29. The number of hydrogen-bond acceptors (Lipinski definition) is 2. The molecule has 1 aromatic heterocycles. The zero-order valence-corrected chi connectivity index (χ0v) is 14.5. The first-order chi connectivity index (χ1) is 12.3. The minimum atomic E-state index is 0.928. The molecule has 1 aliphatic carbocycles. The van der Waals surface area contributed by atoms with Gasteiger partial charge in [0.05, 0.1) is 11.4 Å². The van der Waals surface area contributed by atoms with Crippen molar-refractivity contribution in [2.45, 2.75) is 32.6 Å². The topological polar surface area (TPSA) is 16.4 Å². The summed E-state index contributed by atoms with van der Waals surface area (Å²) in [5.41, 5.74) is 7.78. The van der Waals surface area contributed by atoms with Crippen molar-refractivity contribution in [3.05, 3.63) is 76.5 Å². The van der Waals surface area contributed by atoms with E-state index < -0.39 is 0 Å². The van der Waals surface area contributed by atoms with Gasteiger partial charge in [-0.3, -0.25) is 4.90 Å². The Hall–Kier alpha value is -2.74. The Kier molecular flexibility index (Phi) is 3.30. The maximum Gasteiger partial charge on any atom is 0.211 e. The van der Waals surface area contributed by atoms with Crippen molar-refractivity contribution in [2.24, 2.45) is 0 Å². The zero-order chi connectivity index (χ0) is 16.8. The number of anilines is 3. The summed E-state index contributed by atoms with van der Waals surface area (Å²) in [6, 6.07) is 17.4. The lowest BCUT2D eigenvalue weighted by molar-refractivity contribution is 0.540. The van der Waals surface area contributed by atoms with E-state index in [1.54, 1.807) is 0 Å². The molecular weight excluding hydrogens is 306 g/mol. The number of para-hydroxylation sites is 1. The van der Waals surface area contributed by atoms with Crippen LogP contribution >= 0.6 is 0 Å². The molecular formula is C23H21NO. The van der Waals surface area contributed by atoms with Gasteiger partial charge in [0.15, 0.2) is 0 Å². The second kappa shape index (κ2) is 5.66. The number of fused-ring (bicyclic) bond motifs is 3. The third-order valence-electron chi connectivity index (χ3n) is 5.30. The van der Waals surface area contributed by atoms with Gasteiger partial charge >= 0.3 is 0 Å². The number of furan rings is 1. The van der Waals surface area contributed by atoms with E-state index in [0.717, 1.165) is 23.6 Å². The molecule has 2 nitrogen and oxygen atoms in total. The third-order valence-corrected chi connectivity index (χ3v) is 5.30. The minimum Gasteiger partial charge on any atom is -0.444 e. The van der Waals surface area contributed by atoms with Crippen LogP contribution < -0.4 is 4.90 Å². The van der Waals surface area contributed by atoms with Crippen LogP contribution in [0.25, 0.3) is 12.2 Å². The van der Waals surface area contributed by atoms with Crippen LogP contribution in [0.5, 0.6) is 0 Å². The molecule has 0 radical (unpaired) electrons. The highest BCUT2D eigenvalue weighted by Crippen LogP contribution is 2.45. The summed E-state index contributed by atoms with van der Waals surface area (Å²) < 4.78 is 6.18. The molecule has 5 rings (SSSR count). The molecule has 0 atom stereocenters. The quantitative estimate of drug-likeness (QED) is 0.401. The molecule has 0 N–H and O–H groups in total. The molecule has 0 saturated carbocycles. The summed E-state index contributed by atoms with van der Waals surface area (Å²) in [6.45, 7) is 2.02. The minimum absolute atomic E-state index is 0.928. The van der Waals surface area contributed by atoms with E-state index in [9.17, 15) is 0 Å². The fourth-order valence-electron chi connectivity index (χ4n) is 4.15. The van der Waals surface area contributed by atoms with Gasteiger partial charge in [0.25, 0.3) is 0 Å². The smallest absolute Gasteiger partial charge is 0.211 e. The highest BCUT2D eigenvalue weighted by molar-refractivity contribution is 5.92. The van der Waals surface area contributed by atoms with Gasteiger partial charge in [-0.15, -0.1) is 0 Å². The Bertz CT molecular complexity index is 980. The van der Waals surface area contributed by atoms with E-state index in [0.29, 0.717) is 0 Å². The van der Waals surface area contributed by atoms with Crippen LogP contribution in [-0.2, 0) is 12.8 Å². The van der Waals surface area contributed by atoms with Crippen molar-refractivity contribution >= 4 is 29.4 Å². The second-order valence-corrected chi connectivity index (χ2v) is 6.97. The average molecular weight is 327 g/mol. The van der Waals surface area contributed by atoms with Crippen LogP contribution in [0.3, 0.4) is 0 Å². The molecule has 2 heteroatoms. The molecule has 0 unspecified atom stereocenters. The summed E-state index contributed by atoms with van der Waals surface area (Å²) in [5.74, 6) is 1.88. The number of hydrogen-bond donors (Lipinski definition) is 0. The SMILES string of the molecule is Cc1cc2c(o1)N(c1cccc3c1CCCC3)c1ccccc1C=C2. The van der Waals surface area contributed by atoms with Crippen molar-refractivity contribution in [1.82, 2.24) is 0 Å². The van der Waals surface area contributed by atoms with E-state index >= 15 is 0 Å². The summed E-state index contributed by atoms with van der Waals surface area (Å²) in [6.07, 6.45) is 9.24. The Morgan fingerprint density at radius 3 is 2.60 bits per heavy atom. The predicted octanol–water partition coefficient (Wildman–Crippen LogP) is 6.42. The van der Waals surface area contributed by atoms with Crippen molar-refractivity contribution in [3.8, 4) is 0 Å². The lowest BCUT2D eigenvalue weighted by Crippen LogP contribution is -2.15. The monoisotopic (exact) mass is 327 g/mol. The van der Waals surface area contributed by atoms with E-state index in [2.05, 4.69) is 65.6 Å². The molecule has 2 aliphatic rings. The summed E-state index contributed by atoms with van der Waals surface area (Å²) in [7, 11) is 0. The molecule has 0 amide bonds. The lowest BCUT2D eigenvalue weighted by atomic mass is 9.90. The summed E-state index contributed by atoms with van der Waals surface area (Å²) >= 11 is 0. The van der Waals surface area contributed by atoms with Gasteiger partial charge in [-0.05, 0) is 73.6 Å². The normalized spacial score (nSPS) is 15.3. The molecule has 0 saturated heterocycles. The van der Waals surface area contributed by atoms with Gasteiger partial charge in [-0.1, -0.05) is 36.4 Å². The number of aryl methyl sites for hydroxylation is 2. The van der Waals surface area contributed by atoms with Crippen molar-refractivity contribution in [2.75, 3.05) is 4.90 Å². The first-order valence-corrected chi connectivity index (χ1v) is 9.10. The fraction of sp³-hybridized carbons (Fsp3) is 0.217. The van der Waals surface area contributed by atoms with E-state index in [1.807, 2.05) is 6.92 Å². The average Bonchev–Trinajstić information content (AvgIpc) is 2.94. The van der Waals surface area contributed by atoms with Gasteiger partial charge in [0.1, 0.15) is 5.76 Å². The van der Waals surface area contributed by atoms with Crippen molar-refractivity contribution in [1.29, 1.82) is 0 Å². The molecule has 124 valence electrons. The highest BCUT2D eigenvalue weighted by Gasteiger charge is 2.26. The number of nitrogens with zero attached hydrogens (tertiary/aromatic N) is 1. The number of benzene rings is 2. The Labute approximate surface area is 148 Å². The zero-order valence-electron chi connectivity index (χ0n) is 14.5. The molecule has 0 spiro atoms. The van der Waals surface area contributed by atoms with Crippen molar-refractivity contribution in [3.63, 3.8) is 0 Å². The molecule has 0 bridgehead atoms. The second-order valence-electron chi connectivity index (χ2n) is 6.97. The van der Waals surface area contributed by atoms with Crippen LogP contribution in [0.1, 0.15) is 40.9 Å². The van der Waals surface area contributed by atoms with Crippen LogP contribution in [0, 0.1) is 6.92 Å². The Morgan fingerprint density at radius 2 is 1.64 bits per heavy atom. The standard InChI is InChI=1S/C23H21NO/c1-16-15-19-14-13-18-8-3-5-11-21(18)24(23(19)25-16)22-12-6-9-17-7-2-4-10-20(17)22/h3,5-6,8-9,11-15H,2,4,7,10H2,1H3. The third kappa shape index (κ3) is 2.32. The molecule has 3 aromatic rings. The fourth-order valence-corrected chi connectivity index (χ4v) is 4.15.